The first-order valence-electron chi connectivity index (χ1n) is 6.60. The van der Waals surface area contributed by atoms with E-state index in [2.05, 4.69) is 6.07 Å². The van der Waals surface area contributed by atoms with Gasteiger partial charge >= 0.3 is 0 Å². The van der Waals surface area contributed by atoms with Gasteiger partial charge in [0.05, 0.1) is 11.6 Å². The molecule has 0 heterocycles. The van der Waals surface area contributed by atoms with Gasteiger partial charge in [-0.25, -0.2) is 0 Å². The van der Waals surface area contributed by atoms with Crippen molar-refractivity contribution in [2.75, 3.05) is 0 Å². The minimum Gasteiger partial charge on any atom is -0.327 e. The van der Waals surface area contributed by atoms with Crippen molar-refractivity contribution in [2.45, 2.75) is 25.3 Å². The Bertz CT molecular complexity index is 612. The maximum absolute atomic E-state index is 9.01. The molecule has 2 aromatic rings. The zero-order valence-electron chi connectivity index (χ0n) is 11.4. The predicted octanol–water partition coefficient (Wildman–Crippen LogP) is 3.89. The molecule has 2 N–H and O–H groups in total. The van der Waals surface area contributed by atoms with Crippen molar-refractivity contribution in [3.05, 3.63) is 70.2 Å². The van der Waals surface area contributed by atoms with E-state index in [9.17, 15) is 0 Å². The summed E-state index contributed by atoms with van der Waals surface area (Å²) in [7, 11) is 0. The third-order valence-electron chi connectivity index (χ3n) is 3.45. The molecular formula is C17H17ClN2. The maximum Gasteiger partial charge on any atom is 0.0991 e. The minimum atomic E-state index is 0.0135. The van der Waals surface area contributed by atoms with Gasteiger partial charge in [0, 0.05) is 17.0 Å². The Morgan fingerprint density at radius 3 is 2.50 bits per heavy atom. The average molecular weight is 285 g/mol. The molecule has 0 bridgehead atoms. The van der Waals surface area contributed by atoms with E-state index in [0.717, 1.165) is 17.0 Å². The van der Waals surface area contributed by atoms with Crippen molar-refractivity contribution >= 4 is 11.6 Å². The van der Waals surface area contributed by atoms with Gasteiger partial charge in [-0.2, -0.15) is 5.26 Å². The Morgan fingerprint density at radius 2 is 1.90 bits per heavy atom. The third kappa shape index (κ3) is 3.60. The van der Waals surface area contributed by atoms with Gasteiger partial charge in [-0.3, -0.25) is 0 Å². The first kappa shape index (κ1) is 14.6. The Balaban J connectivity index is 2.27. The molecule has 0 spiro atoms. The van der Waals surface area contributed by atoms with E-state index < -0.39 is 0 Å². The molecule has 2 nitrogen and oxygen atoms in total. The molecule has 20 heavy (non-hydrogen) atoms. The molecule has 2 aromatic carbocycles. The quantitative estimate of drug-likeness (QED) is 0.926. The molecule has 2 rings (SSSR count). The van der Waals surface area contributed by atoms with Crippen LogP contribution < -0.4 is 5.73 Å². The van der Waals surface area contributed by atoms with E-state index in [1.54, 1.807) is 0 Å². The van der Waals surface area contributed by atoms with E-state index in [0.29, 0.717) is 5.56 Å². The minimum absolute atomic E-state index is 0.0135. The smallest absolute Gasteiger partial charge is 0.0991 e. The monoisotopic (exact) mass is 284 g/mol. The van der Waals surface area contributed by atoms with Crippen LogP contribution in [0.5, 0.6) is 0 Å². The van der Waals surface area contributed by atoms with Crippen LogP contribution in [0.4, 0.5) is 0 Å². The lowest BCUT2D eigenvalue weighted by atomic mass is 9.86. The summed E-state index contributed by atoms with van der Waals surface area (Å²) in [6.45, 7) is 2.00. The van der Waals surface area contributed by atoms with Crippen molar-refractivity contribution in [2.24, 2.45) is 5.73 Å². The standard InChI is InChI=1S/C17H17ClN2/c1-12(20)17(10-13-5-7-16(18)8-6-13)15-4-2-3-14(9-15)11-19/h2-9,12,17H,10,20H2,1H3/t12-,17-/m1/s1. The first-order chi connectivity index (χ1) is 9.60. The highest BCUT2D eigenvalue weighted by Gasteiger charge is 2.17. The van der Waals surface area contributed by atoms with E-state index in [1.165, 1.54) is 5.56 Å². The lowest BCUT2D eigenvalue weighted by molar-refractivity contribution is 0.565. The fourth-order valence-electron chi connectivity index (χ4n) is 2.32. The summed E-state index contributed by atoms with van der Waals surface area (Å²) in [4.78, 5) is 0. The molecule has 0 aliphatic rings. The molecule has 0 unspecified atom stereocenters. The lowest BCUT2D eigenvalue weighted by Gasteiger charge is -2.21. The molecule has 2 atom stereocenters. The Hall–Kier alpha value is -1.82. The number of halogens is 1. The summed E-state index contributed by atoms with van der Waals surface area (Å²) in [6.07, 6.45) is 0.837. The molecule has 0 radical (unpaired) electrons. The fourth-order valence-corrected chi connectivity index (χ4v) is 2.45. The second-order valence-electron chi connectivity index (χ2n) is 5.03. The molecular weight excluding hydrogens is 268 g/mol. The van der Waals surface area contributed by atoms with Crippen LogP contribution in [0.15, 0.2) is 48.5 Å². The SMILES string of the molecule is C[C@@H](N)[C@@H](Cc1ccc(Cl)cc1)c1cccc(C#N)c1. The van der Waals surface area contributed by atoms with Gasteiger partial charge in [0.1, 0.15) is 0 Å². The molecule has 0 amide bonds. The van der Waals surface area contributed by atoms with E-state index >= 15 is 0 Å². The summed E-state index contributed by atoms with van der Waals surface area (Å²) < 4.78 is 0. The van der Waals surface area contributed by atoms with E-state index in [4.69, 9.17) is 22.6 Å². The Kier molecular flexibility index (Phi) is 4.79. The summed E-state index contributed by atoms with van der Waals surface area (Å²) in [5.74, 6) is 0.185. The Labute approximate surface area is 124 Å². The molecule has 0 fully saturated rings. The van der Waals surface area contributed by atoms with Crippen molar-refractivity contribution in [1.29, 1.82) is 5.26 Å². The lowest BCUT2D eigenvalue weighted by Crippen LogP contribution is -2.26. The van der Waals surface area contributed by atoms with Crippen molar-refractivity contribution in [3.8, 4) is 6.07 Å². The highest BCUT2D eigenvalue weighted by atomic mass is 35.5. The van der Waals surface area contributed by atoms with Gasteiger partial charge in [0.25, 0.3) is 0 Å². The van der Waals surface area contributed by atoms with Crippen LogP contribution in [0.25, 0.3) is 0 Å². The molecule has 102 valence electrons. The van der Waals surface area contributed by atoms with Crippen LogP contribution in [0, 0.1) is 11.3 Å². The van der Waals surface area contributed by atoms with Crippen LogP contribution in [0.3, 0.4) is 0 Å². The van der Waals surface area contributed by atoms with Crippen LogP contribution in [0.1, 0.15) is 29.5 Å². The second kappa shape index (κ2) is 6.56. The normalized spacial score (nSPS) is 13.5. The molecule has 0 aliphatic heterocycles. The van der Waals surface area contributed by atoms with Gasteiger partial charge in [0.2, 0.25) is 0 Å². The number of hydrogen-bond donors (Lipinski definition) is 1. The van der Waals surface area contributed by atoms with Gasteiger partial charge in [-0.1, -0.05) is 35.9 Å². The van der Waals surface area contributed by atoms with Crippen molar-refractivity contribution in [3.63, 3.8) is 0 Å². The van der Waals surface area contributed by atoms with E-state index in [-0.39, 0.29) is 12.0 Å². The maximum atomic E-state index is 9.01. The topological polar surface area (TPSA) is 49.8 Å². The Morgan fingerprint density at radius 1 is 1.20 bits per heavy atom. The average Bonchev–Trinajstić information content (AvgIpc) is 2.46. The van der Waals surface area contributed by atoms with Crippen LogP contribution in [-0.4, -0.2) is 6.04 Å². The summed E-state index contributed by atoms with van der Waals surface area (Å²) in [6, 6.07) is 17.7. The van der Waals surface area contributed by atoms with Gasteiger partial charge in [0.15, 0.2) is 0 Å². The largest absolute Gasteiger partial charge is 0.327 e. The van der Waals surface area contributed by atoms with E-state index in [1.807, 2.05) is 55.5 Å². The van der Waals surface area contributed by atoms with Crippen molar-refractivity contribution < 1.29 is 0 Å². The number of benzene rings is 2. The van der Waals surface area contributed by atoms with Crippen LogP contribution in [-0.2, 0) is 6.42 Å². The van der Waals surface area contributed by atoms with Crippen LogP contribution in [0.2, 0.25) is 5.02 Å². The highest BCUT2D eigenvalue weighted by Crippen LogP contribution is 2.25. The summed E-state index contributed by atoms with van der Waals surface area (Å²) in [5, 5.41) is 9.74. The third-order valence-corrected chi connectivity index (χ3v) is 3.70. The fraction of sp³-hybridized carbons (Fsp3) is 0.235. The molecule has 0 saturated carbocycles. The number of rotatable bonds is 4. The zero-order chi connectivity index (χ0) is 14.5. The summed E-state index contributed by atoms with van der Waals surface area (Å²) in [5.41, 5.74) is 9.10. The number of nitrogens with two attached hydrogens (primary N) is 1. The number of nitriles is 1. The predicted molar refractivity (Wildman–Crippen MR) is 82.7 cm³/mol. The van der Waals surface area contributed by atoms with Gasteiger partial charge in [-0.15, -0.1) is 0 Å². The number of hydrogen-bond acceptors (Lipinski definition) is 2. The van der Waals surface area contributed by atoms with Gasteiger partial charge in [-0.05, 0) is 48.7 Å². The molecule has 0 aromatic heterocycles. The van der Waals surface area contributed by atoms with Gasteiger partial charge < -0.3 is 5.73 Å². The molecule has 3 heteroatoms. The van der Waals surface area contributed by atoms with Crippen molar-refractivity contribution in [1.82, 2.24) is 0 Å². The number of nitrogens with zero attached hydrogens (tertiary/aromatic N) is 1. The summed E-state index contributed by atoms with van der Waals surface area (Å²) >= 11 is 5.91. The molecule has 0 saturated heterocycles. The molecule has 0 aliphatic carbocycles. The highest BCUT2D eigenvalue weighted by molar-refractivity contribution is 6.30. The van der Waals surface area contributed by atoms with Crippen LogP contribution >= 0.6 is 11.6 Å². The zero-order valence-corrected chi connectivity index (χ0v) is 12.1. The first-order valence-corrected chi connectivity index (χ1v) is 6.98. The second-order valence-corrected chi connectivity index (χ2v) is 5.47.